The van der Waals surface area contributed by atoms with Crippen LogP contribution in [0.15, 0.2) is 36.5 Å². The van der Waals surface area contributed by atoms with E-state index in [1.807, 2.05) is 30.8 Å². The second-order valence-corrected chi connectivity index (χ2v) is 19.4. The SMILES string of the molecule is CC[C@@H]1C[C@H](C)CC/C=C\[C@@H]2C[C@]2(OC(=O)NS(=O)(=O)C2(C)CC2)NC(=O)[C@@H]2C[C@@H](Oc3ncc(OC)c4ccc(F)cc34)CN2C(=O)[C@H]1NC(=O)N1CCN(C)CC1. The predicted octanol–water partition coefficient (Wildman–Crippen LogP) is 3.90. The van der Waals surface area contributed by atoms with Gasteiger partial charge < -0.3 is 39.5 Å². The van der Waals surface area contributed by atoms with E-state index < -0.39 is 68.3 Å². The third kappa shape index (κ3) is 9.07. The molecule has 1 aromatic heterocycles. The Hall–Kier alpha value is -4.71. The minimum atomic E-state index is -4.04. The molecule has 322 valence electrons. The summed E-state index contributed by atoms with van der Waals surface area (Å²) in [6.07, 6.45) is 6.91. The molecule has 2 saturated heterocycles. The Morgan fingerprint density at radius 2 is 1.85 bits per heavy atom. The molecule has 2 aliphatic carbocycles. The Morgan fingerprint density at radius 1 is 1.10 bits per heavy atom. The molecule has 2 saturated carbocycles. The van der Waals surface area contributed by atoms with Gasteiger partial charge >= 0.3 is 12.1 Å². The van der Waals surface area contributed by atoms with Crippen LogP contribution in [0.4, 0.5) is 14.0 Å². The summed E-state index contributed by atoms with van der Waals surface area (Å²) in [5.41, 5.74) is -1.58. The lowest BCUT2D eigenvalue weighted by atomic mass is 9.85. The van der Waals surface area contributed by atoms with Crippen LogP contribution >= 0.6 is 0 Å². The van der Waals surface area contributed by atoms with Crippen molar-refractivity contribution in [2.24, 2.45) is 17.8 Å². The van der Waals surface area contributed by atoms with E-state index >= 15 is 4.79 Å². The fraction of sp³-hybridized carbons (Fsp3) is 0.634. The number of methoxy groups -OCH3 is 1. The maximum absolute atomic E-state index is 15.1. The summed E-state index contributed by atoms with van der Waals surface area (Å²) >= 11 is 0. The van der Waals surface area contributed by atoms with Gasteiger partial charge in [0.1, 0.15) is 29.8 Å². The summed E-state index contributed by atoms with van der Waals surface area (Å²) in [6.45, 7) is 7.92. The van der Waals surface area contributed by atoms with Gasteiger partial charge in [-0.1, -0.05) is 32.4 Å². The summed E-state index contributed by atoms with van der Waals surface area (Å²) in [5.74, 6) is -1.73. The highest BCUT2D eigenvalue weighted by Crippen LogP contribution is 2.47. The van der Waals surface area contributed by atoms with Crippen molar-refractivity contribution >= 4 is 44.7 Å². The highest BCUT2D eigenvalue weighted by Gasteiger charge is 2.60. The molecule has 2 aromatic rings. The lowest BCUT2D eigenvalue weighted by Crippen LogP contribution is -2.60. The van der Waals surface area contributed by atoms with Crippen molar-refractivity contribution < 1.29 is 46.2 Å². The molecule has 0 radical (unpaired) electrons. The molecule has 3 aliphatic heterocycles. The average molecular weight is 842 g/mol. The van der Waals surface area contributed by atoms with E-state index in [1.165, 1.54) is 30.3 Å². The molecule has 0 unspecified atom stereocenters. The maximum Gasteiger partial charge on any atom is 0.423 e. The van der Waals surface area contributed by atoms with Gasteiger partial charge in [0.05, 0.1) is 30.0 Å². The Bertz CT molecular complexity index is 2090. The van der Waals surface area contributed by atoms with E-state index in [2.05, 4.69) is 27.4 Å². The lowest BCUT2D eigenvalue weighted by Gasteiger charge is -2.37. The van der Waals surface area contributed by atoms with E-state index in [0.717, 1.165) is 6.42 Å². The summed E-state index contributed by atoms with van der Waals surface area (Å²) in [4.78, 5) is 66.4. The van der Waals surface area contributed by atoms with Crippen molar-refractivity contribution in [1.82, 2.24) is 35.0 Å². The number of aromatic nitrogens is 1. The van der Waals surface area contributed by atoms with Crippen molar-refractivity contribution in [1.29, 1.82) is 0 Å². The van der Waals surface area contributed by atoms with Crippen LogP contribution in [0, 0.1) is 23.6 Å². The number of benzene rings is 1. The Kier molecular flexibility index (Phi) is 12.0. The zero-order chi connectivity index (χ0) is 42.3. The van der Waals surface area contributed by atoms with Gasteiger partial charge in [-0.2, -0.15) is 0 Å². The van der Waals surface area contributed by atoms with E-state index in [9.17, 15) is 27.2 Å². The molecule has 7 atom stereocenters. The monoisotopic (exact) mass is 841 g/mol. The molecule has 0 spiro atoms. The third-order valence-corrected chi connectivity index (χ3v) is 14.9. The zero-order valence-corrected chi connectivity index (χ0v) is 35.2. The van der Waals surface area contributed by atoms with E-state index in [1.54, 1.807) is 17.9 Å². The molecule has 4 heterocycles. The van der Waals surface area contributed by atoms with Crippen LogP contribution in [-0.2, 0) is 24.3 Å². The number of halogens is 1. The number of carbonyl (C=O) groups excluding carboxylic acids is 4. The fourth-order valence-corrected chi connectivity index (χ4v) is 9.64. The highest BCUT2D eigenvalue weighted by atomic mass is 32.2. The van der Waals surface area contributed by atoms with E-state index in [4.69, 9.17) is 14.2 Å². The smallest absolute Gasteiger partial charge is 0.423 e. The second kappa shape index (κ2) is 16.7. The molecule has 59 heavy (non-hydrogen) atoms. The lowest BCUT2D eigenvalue weighted by molar-refractivity contribution is -0.142. The van der Waals surface area contributed by atoms with Crippen molar-refractivity contribution in [2.75, 3.05) is 46.9 Å². The molecule has 4 fully saturated rings. The van der Waals surface area contributed by atoms with Crippen LogP contribution in [-0.4, -0.2) is 128 Å². The number of urea groups is 1. The van der Waals surface area contributed by atoms with Gasteiger partial charge in [-0.05, 0) is 76.1 Å². The molecule has 0 bridgehead atoms. The number of pyridine rings is 1. The number of allylic oxidation sites excluding steroid dienone is 1. The minimum absolute atomic E-state index is 0.0239. The van der Waals surface area contributed by atoms with Gasteiger partial charge in [0.2, 0.25) is 27.7 Å². The summed E-state index contributed by atoms with van der Waals surface area (Å²) in [5, 5.41) is 6.85. The largest absolute Gasteiger partial charge is 0.494 e. The number of nitrogens with one attached hydrogen (secondary N) is 3. The number of fused-ring (bicyclic) bond motifs is 3. The average Bonchev–Trinajstić information content (AvgIpc) is 4.06. The van der Waals surface area contributed by atoms with Crippen LogP contribution in [0.25, 0.3) is 10.8 Å². The Balaban J connectivity index is 1.22. The quantitative estimate of drug-likeness (QED) is 0.327. The number of sulfonamides is 1. The first kappa shape index (κ1) is 42.4. The van der Waals surface area contributed by atoms with Gasteiger partial charge in [-0.15, -0.1) is 0 Å². The maximum atomic E-state index is 15.1. The first-order valence-corrected chi connectivity index (χ1v) is 22.1. The van der Waals surface area contributed by atoms with Crippen LogP contribution < -0.4 is 24.8 Å². The molecule has 5 aliphatic rings. The Labute approximate surface area is 344 Å². The van der Waals surface area contributed by atoms with Gasteiger partial charge in [-0.3, -0.25) is 9.59 Å². The van der Waals surface area contributed by atoms with Gasteiger partial charge in [0.25, 0.3) is 0 Å². The third-order valence-electron chi connectivity index (χ3n) is 12.7. The summed E-state index contributed by atoms with van der Waals surface area (Å²) in [6, 6.07) is 1.61. The number of amides is 5. The summed E-state index contributed by atoms with van der Waals surface area (Å²) in [7, 11) is -0.573. The van der Waals surface area contributed by atoms with E-state index in [-0.39, 0.29) is 43.1 Å². The molecular formula is C41H56FN7O9S. The van der Waals surface area contributed by atoms with Crippen LogP contribution in [0.2, 0.25) is 0 Å². The van der Waals surface area contributed by atoms with Gasteiger partial charge in [0.15, 0.2) is 5.72 Å². The predicted molar refractivity (Wildman–Crippen MR) is 215 cm³/mol. The van der Waals surface area contributed by atoms with Crippen molar-refractivity contribution in [3.8, 4) is 11.6 Å². The normalized spacial score (nSPS) is 30.5. The van der Waals surface area contributed by atoms with Crippen molar-refractivity contribution in [2.45, 2.75) is 101 Å². The van der Waals surface area contributed by atoms with Gasteiger partial charge in [0, 0.05) is 50.3 Å². The number of rotatable bonds is 8. The molecular weight excluding hydrogens is 786 g/mol. The number of piperazine rings is 1. The van der Waals surface area contributed by atoms with Crippen molar-refractivity contribution in [3.05, 3.63) is 42.4 Å². The zero-order valence-electron chi connectivity index (χ0n) is 34.4. The molecule has 3 N–H and O–H groups in total. The topological polar surface area (TPSA) is 189 Å². The molecule has 7 rings (SSSR count). The van der Waals surface area contributed by atoms with E-state index in [0.29, 0.717) is 74.8 Å². The number of carbonyl (C=O) groups is 4. The summed E-state index contributed by atoms with van der Waals surface area (Å²) < 4.78 is 59.1. The molecule has 5 amide bonds. The van der Waals surface area contributed by atoms with Crippen LogP contribution in [0.5, 0.6) is 11.6 Å². The number of nitrogens with zero attached hydrogens (tertiary/aromatic N) is 4. The standard InChI is InChI=1S/C41H56FN7O9S/c1-6-26-19-25(2)9-7-8-10-27-22-41(27,58-39(53)46-59(54,55)40(3)13-14-40)45-35(50)32-21-29(57-36-31-20-28(42)11-12-30(31)33(56-5)23-43-36)24-49(32)37(51)34(26)44-38(52)48-17-15-47(4)16-18-48/h8,10-12,20,23,25-27,29,32,34H,6-7,9,13-19,21-22,24H2,1-5H3,(H,44,52)(H,45,50)(H,46,53)/b10-8-/t25-,26-,27-,29-,32+,34+,41-/m1/s1. The number of hydrogen-bond donors (Lipinski definition) is 3. The van der Waals surface area contributed by atoms with Crippen molar-refractivity contribution in [3.63, 3.8) is 0 Å². The second-order valence-electron chi connectivity index (χ2n) is 17.2. The van der Waals surface area contributed by atoms with Gasteiger partial charge in [-0.25, -0.2) is 32.1 Å². The molecule has 16 nitrogen and oxygen atoms in total. The van der Waals surface area contributed by atoms with Crippen LogP contribution in [0.1, 0.15) is 72.1 Å². The first-order valence-electron chi connectivity index (χ1n) is 20.6. The highest BCUT2D eigenvalue weighted by molar-refractivity contribution is 7.91. The molecule has 1 aromatic carbocycles. The fourth-order valence-electron chi connectivity index (χ4n) is 8.50. The Morgan fingerprint density at radius 3 is 2.54 bits per heavy atom. The number of hydrogen-bond acceptors (Lipinski definition) is 11. The number of likely N-dealkylation sites (N-methyl/N-ethyl adjacent to an activating group) is 1. The minimum Gasteiger partial charge on any atom is -0.494 e. The molecule has 18 heteroatoms. The van der Waals surface area contributed by atoms with Crippen LogP contribution in [0.3, 0.4) is 0 Å². The first-order chi connectivity index (χ1) is 28.0. The number of ether oxygens (including phenoxy) is 3.